The zero-order valence-corrected chi connectivity index (χ0v) is 18.2. The summed E-state index contributed by atoms with van der Waals surface area (Å²) in [7, 11) is -1.14. The number of carbonyl (C=O) groups excluding carboxylic acids is 1. The fourth-order valence-electron chi connectivity index (χ4n) is 3.03. The molecule has 0 spiro atoms. The number of hydrogen-bond donors (Lipinski definition) is 1. The number of methoxy groups -OCH3 is 1. The molecular weight excluding hydrogens is 419 g/mol. The molecule has 0 saturated carbocycles. The van der Waals surface area contributed by atoms with E-state index in [1.54, 1.807) is 42.5 Å². The Morgan fingerprint density at radius 3 is 2.39 bits per heavy atom. The Hall–Kier alpha value is -3.39. The number of benzene rings is 3. The molecule has 0 bridgehead atoms. The van der Waals surface area contributed by atoms with Gasteiger partial charge < -0.3 is 9.64 Å². The zero-order valence-electron chi connectivity index (χ0n) is 17.4. The molecule has 0 heterocycles. The number of hydrogen-bond acceptors (Lipinski definition) is 4. The molecular formula is C23H23FN2O4S. The van der Waals surface area contributed by atoms with E-state index in [9.17, 15) is 17.6 Å². The molecule has 3 rings (SSSR count). The summed E-state index contributed by atoms with van der Waals surface area (Å²) in [4.78, 5) is 14.0. The molecule has 0 aliphatic rings. The maximum absolute atomic E-state index is 13.9. The van der Waals surface area contributed by atoms with Crippen LogP contribution in [0.2, 0.25) is 0 Å². The van der Waals surface area contributed by atoms with Crippen LogP contribution < -0.4 is 9.46 Å². The Labute approximate surface area is 181 Å². The summed E-state index contributed by atoms with van der Waals surface area (Å²) < 4.78 is 47.6. The maximum Gasteiger partial charge on any atom is 0.265 e. The summed E-state index contributed by atoms with van der Waals surface area (Å²) in [6, 6.07) is 17.2. The van der Waals surface area contributed by atoms with Gasteiger partial charge in [0.15, 0.2) is 0 Å². The lowest BCUT2D eigenvalue weighted by atomic mass is 10.1. The van der Waals surface area contributed by atoms with Gasteiger partial charge in [-0.05, 0) is 43.3 Å². The summed E-state index contributed by atoms with van der Waals surface area (Å²) in [5, 5.41) is 0. The van der Waals surface area contributed by atoms with Gasteiger partial charge in [-0.2, -0.15) is 0 Å². The first kappa shape index (κ1) is 22.3. The third-order valence-electron chi connectivity index (χ3n) is 4.72. The van der Waals surface area contributed by atoms with E-state index in [0.717, 1.165) is 5.56 Å². The molecule has 31 heavy (non-hydrogen) atoms. The van der Waals surface area contributed by atoms with Crippen LogP contribution in [0.1, 0.15) is 21.5 Å². The Morgan fingerprint density at radius 1 is 1.06 bits per heavy atom. The Kier molecular flexibility index (Phi) is 6.60. The van der Waals surface area contributed by atoms with Gasteiger partial charge in [0.1, 0.15) is 16.5 Å². The Morgan fingerprint density at radius 2 is 1.74 bits per heavy atom. The highest BCUT2D eigenvalue weighted by molar-refractivity contribution is 7.92. The maximum atomic E-state index is 13.9. The summed E-state index contributed by atoms with van der Waals surface area (Å²) in [5.74, 6) is -0.756. The molecule has 0 aliphatic carbocycles. The van der Waals surface area contributed by atoms with Crippen molar-refractivity contribution in [3.63, 3.8) is 0 Å². The molecule has 3 aromatic rings. The second kappa shape index (κ2) is 9.18. The second-order valence-electron chi connectivity index (χ2n) is 7.09. The van der Waals surface area contributed by atoms with E-state index in [2.05, 4.69) is 4.72 Å². The smallest absolute Gasteiger partial charge is 0.265 e. The Balaban J connectivity index is 1.89. The monoisotopic (exact) mass is 442 g/mol. The minimum atomic E-state index is -4.02. The highest BCUT2D eigenvalue weighted by Crippen LogP contribution is 2.28. The molecule has 0 saturated heterocycles. The third-order valence-corrected chi connectivity index (χ3v) is 6.12. The van der Waals surface area contributed by atoms with E-state index in [1.807, 2.05) is 6.92 Å². The van der Waals surface area contributed by atoms with Gasteiger partial charge in [0.05, 0.1) is 7.11 Å². The lowest BCUT2D eigenvalue weighted by molar-refractivity contribution is 0.0783. The van der Waals surface area contributed by atoms with Gasteiger partial charge in [0.2, 0.25) is 0 Å². The van der Waals surface area contributed by atoms with Crippen LogP contribution in [0, 0.1) is 12.7 Å². The largest absolute Gasteiger partial charge is 0.495 e. The quantitative estimate of drug-likeness (QED) is 0.595. The van der Waals surface area contributed by atoms with Gasteiger partial charge in [-0.25, -0.2) is 12.8 Å². The third kappa shape index (κ3) is 5.21. The number of aryl methyl sites for hydroxylation is 1. The number of halogens is 1. The van der Waals surface area contributed by atoms with Crippen LogP contribution in [0.15, 0.2) is 71.6 Å². The van der Waals surface area contributed by atoms with E-state index in [0.29, 0.717) is 11.3 Å². The number of sulfonamides is 1. The van der Waals surface area contributed by atoms with Crippen LogP contribution >= 0.6 is 0 Å². The minimum absolute atomic E-state index is 0.0429. The van der Waals surface area contributed by atoms with Gasteiger partial charge in [0, 0.05) is 30.4 Å². The summed E-state index contributed by atoms with van der Waals surface area (Å²) in [6.45, 7) is 1.94. The Bertz CT molecular complexity index is 1190. The van der Waals surface area contributed by atoms with E-state index >= 15 is 0 Å². The van der Waals surface area contributed by atoms with Crippen molar-refractivity contribution in [1.29, 1.82) is 0 Å². The van der Waals surface area contributed by atoms with Gasteiger partial charge in [-0.15, -0.1) is 0 Å². The molecule has 1 N–H and O–H groups in total. The van der Waals surface area contributed by atoms with Crippen molar-refractivity contribution >= 4 is 21.6 Å². The molecule has 8 heteroatoms. The molecule has 0 radical (unpaired) electrons. The number of amides is 1. The molecule has 0 fully saturated rings. The van der Waals surface area contributed by atoms with Gasteiger partial charge >= 0.3 is 0 Å². The van der Waals surface area contributed by atoms with Gasteiger partial charge in [0.25, 0.3) is 15.9 Å². The van der Waals surface area contributed by atoms with Crippen LogP contribution in [0.3, 0.4) is 0 Å². The van der Waals surface area contributed by atoms with Crippen LogP contribution in [0.5, 0.6) is 5.75 Å². The van der Waals surface area contributed by atoms with Gasteiger partial charge in [-0.1, -0.05) is 35.9 Å². The average molecular weight is 443 g/mol. The van der Waals surface area contributed by atoms with E-state index in [4.69, 9.17) is 4.74 Å². The highest BCUT2D eigenvalue weighted by atomic mass is 32.2. The number of nitrogens with zero attached hydrogens (tertiary/aromatic N) is 1. The van der Waals surface area contributed by atoms with Crippen molar-refractivity contribution in [3.05, 3.63) is 89.2 Å². The number of carbonyl (C=O) groups is 1. The van der Waals surface area contributed by atoms with Crippen molar-refractivity contribution < 1.29 is 22.3 Å². The number of rotatable bonds is 7. The van der Waals surface area contributed by atoms with Crippen molar-refractivity contribution in [2.75, 3.05) is 18.9 Å². The molecule has 6 nitrogen and oxygen atoms in total. The fourth-order valence-corrected chi connectivity index (χ4v) is 4.28. The van der Waals surface area contributed by atoms with Crippen molar-refractivity contribution in [2.45, 2.75) is 18.4 Å². The lowest BCUT2D eigenvalue weighted by Gasteiger charge is -2.19. The summed E-state index contributed by atoms with van der Waals surface area (Å²) in [6.07, 6.45) is 0. The standard InChI is InChI=1S/C23H23FN2O4S/c1-16-8-11-19(12-9-16)25-31(28,29)22-14-17(10-13-21(22)30-3)23(27)26(2)15-18-6-4-5-7-20(18)24/h4-14,25H,15H2,1-3H3. The predicted octanol–water partition coefficient (Wildman–Crippen LogP) is 4.22. The topological polar surface area (TPSA) is 75.7 Å². The molecule has 162 valence electrons. The molecule has 0 atom stereocenters. The van der Waals surface area contributed by atoms with Crippen molar-refractivity contribution in [1.82, 2.24) is 4.90 Å². The van der Waals surface area contributed by atoms with Crippen LogP contribution in [0.4, 0.5) is 10.1 Å². The lowest BCUT2D eigenvalue weighted by Crippen LogP contribution is -2.27. The van der Waals surface area contributed by atoms with E-state index in [-0.39, 0.29) is 22.8 Å². The minimum Gasteiger partial charge on any atom is -0.495 e. The first-order valence-corrected chi connectivity index (χ1v) is 11.0. The zero-order chi connectivity index (χ0) is 22.6. The predicted molar refractivity (Wildman–Crippen MR) is 117 cm³/mol. The molecule has 1 amide bonds. The normalized spacial score (nSPS) is 11.1. The number of nitrogens with one attached hydrogen (secondary N) is 1. The molecule has 3 aromatic carbocycles. The molecule has 0 aromatic heterocycles. The highest BCUT2D eigenvalue weighted by Gasteiger charge is 2.23. The summed E-state index contributed by atoms with van der Waals surface area (Å²) >= 11 is 0. The second-order valence-corrected chi connectivity index (χ2v) is 8.74. The van der Waals surface area contributed by atoms with Crippen LogP contribution in [0.25, 0.3) is 0 Å². The van der Waals surface area contributed by atoms with Gasteiger partial charge in [-0.3, -0.25) is 9.52 Å². The average Bonchev–Trinajstić information content (AvgIpc) is 2.75. The summed E-state index contributed by atoms with van der Waals surface area (Å²) in [5.41, 5.74) is 1.89. The SMILES string of the molecule is COc1ccc(C(=O)N(C)Cc2ccccc2F)cc1S(=O)(=O)Nc1ccc(C)cc1. The van der Waals surface area contributed by atoms with Crippen LogP contribution in [-0.2, 0) is 16.6 Å². The van der Waals surface area contributed by atoms with Crippen LogP contribution in [-0.4, -0.2) is 33.4 Å². The fraction of sp³-hybridized carbons (Fsp3) is 0.174. The first-order chi connectivity index (χ1) is 14.7. The molecule has 0 aliphatic heterocycles. The number of anilines is 1. The van der Waals surface area contributed by atoms with Crippen molar-refractivity contribution in [3.8, 4) is 5.75 Å². The van der Waals surface area contributed by atoms with E-state index in [1.165, 1.54) is 43.3 Å². The number of ether oxygens (including phenoxy) is 1. The first-order valence-electron chi connectivity index (χ1n) is 9.47. The van der Waals surface area contributed by atoms with E-state index < -0.39 is 21.7 Å². The van der Waals surface area contributed by atoms with Crippen molar-refractivity contribution in [2.24, 2.45) is 0 Å². The molecule has 0 unspecified atom stereocenters.